The van der Waals surface area contributed by atoms with E-state index in [9.17, 15) is 9.90 Å². The molecule has 0 aromatic heterocycles. The standard InChI is InChI=1S/C15H21NO2/c1-3-13(12-8-6-11(2)7-9-12)16-10-4-5-14(16)15(17)18/h6-9,13-14H,3-5,10H2,1-2H3,(H,17,18). The summed E-state index contributed by atoms with van der Waals surface area (Å²) < 4.78 is 0. The Morgan fingerprint density at radius 2 is 2.11 bits per heavy atom. The van der Waals surface area contributed by atoms with Gasteiger partial charge in [-0.15, -0.1) is 0 Å². The van der Waals surface area contributed by atoms with Gasteiger partial charge in [-0.1, -0.05) is 36.8 Å². The lowest BCUT2D eigenvalue weighted by Crippen LogP contribution is -2.38. The van der Waals surface area contributed by atoms with Gasteiger partial charge in [-0.3, -0.25) is 9.69 Å². The molecule has 1 fully saturated rings. The van der Waals surface area contributed by atoms with Crippen LogP contribution in [0.15, 0.2) is 24.3 Å². The molecular formula is C15H21NO2. The van der Waals surface area contributed by atoms with Crippen molar-refractivity contribution in [3.63, 3.8) is 0 Å². The van der Waals surface area contributed by atoms with Crippen LogP contribution in [0.5, 0.6) is 0 Å². The van der Waals surface area contributed by atoms with Crippen molar-refractivity contribution in [2.24, 2.45) is 0 Å². The maximum Gasteiger partial charge on any atom is 0.320 e. The molecule has 0 aliphatic carbocycles. The smallest absolute Gasteiger partial charge is 0.320 e. The number of likely N-dealkylation sites (tertiary alicyclic amines) is 1. The van der Waals surface area contributed by atoms with Crippen LogP contribution in [-0.2, 0) is 4.79 Å². The zero-order valence-electron chi connectivity index (χ0n) is 11.1. The lowest BCUT2D eigenvalue weighted by molar-refractivity contribution is -0.143. The third-order valence-electron chi connectivity index (χ3n) is 3.83. The van der Waals surface area contributed by atoms with E-state index in [1.54, 1.807) is 0 Å². The number of carboxylic acids is 1. The number of hydrogen-bond donors (Lipinski definition) is 1. The van der Waals surface area contributed by atoms with E-state index in [4.69, 9.17) is 0 Å². The van der Waals surface area contributed by atoms with Crippen molar-refractivity contribution in [1.29, 1.82) is 0 Å². The first-order chi connectivity index (χ1) is 8.63. The normalized spacial score (nSPS) is 22.0. The first-order valence-corrected chi connectivity index (χ1v) is 6.68. The van der Waals surface area contributed by atoms with Gasteiger partial charge in [0.15, 0.2) is 0 Å². The fourth-order valence-corrected chi connectivity index (χ4v) is 2.88. The molecule has 0 spiro atoms. The number of nitrogens with zero attached hydrogens (tertiary/aromatic N) is 1. The van der Waals surface area contributed by atoms with E-state index in [1.165, 1.54) is 11.1 Å². The lowest BCUT2D eigenvalue weighted by atomic mass is 10.0. The number of carbonyl (C=O) groups is 1. The molecule has 3 heteroatoms. The van der Waals surface area contributed by atoms with Gasteiger partial charge in [0, 0.05) is 6.04 Å². The van der Waals surface area contributed by atoms with Gasteiger partial charge in [0.05, 0.1) is 0 Å². The molecule has 1 aliphatic rings. The van der Waals surface area contributed by atoms with E-state index in [1.807, 2.05) is 0 Å². The lowest BCUT2D eigenvalue weighted by Gasteiger charge is -2.30. The fourth-order valence-electron chi connectivity index (χ4n) is 2.88. The molecule has 1 heterocycles. The van der Waals surface area contributed by atoms with E-state index in [2.05, 4.69) is 43.0 Å². The summed E-state index contributed by atoms with van der Waals surface area (Å²) >= 11 is 0. The highest BCUT2D eigenvalue weighted by Crippen LogP contribution is 2.31. The topological polar surface area (TPSA) is 40.5 Å². The zero-order chi connectivity index (χ0) is 13.1. The van der Waals surface area contributed by atoms with E-state index >= 15 is 0 Å². The molecule has 1 aliphatic heterocycles. The Morgan fingerprint density at radius 3 is 2.67 bits per heavy atom. The molecule has 98 valence electrons. The maximum absolute atomic E-state index is 11.3. The largest absolute Gasteiger partial charge is 0.480 e. The van der Waals surface area contributed by atoms with Crippen LogP contribution < -0.4 is 0 Å². The van der Waals surface area contributed by atoms with Gasteiger partial charge in [-0.05, 0) is 38.3 Å². The average Bonchev–Trinajstić information content (AvgIpc) is 2.82. The van der Waals surface area contributed by atoms with Crippen molar-refractivity contribution in [2.75, 3.05) is 6.54 Å². The quantitative estimate of drug-likeness (QED) is 0.889. The second-order valence-electron chi connectivity index (χ2n) is 5.07. The highest BCUT2D eigenvalue weighted by Gasteiger charge is 2.35. The van der Waals surface area contributed by atoms with E-state index < -0.39 is 5.97 Å². The van der Waals surface area contributed by atoms with Crippen molar-refractivity contribution in [3.05, 3.63) is 35.4 Å². The van der Waals surface area contributed by atoms with Crippen molar-refractivity contribution in [2.45, 2.75) is 45.2 Å². The Morgan fingerprint density at radius 1 is 1.44 bits per heavy atom. The van der Waals surface area contributed by atoms with Gasteiger partial charge in [-0.2, -0.15) is 0 Å². The van der Waals surface area contributed by atoms with Crippen LogP contribution >= 0.6 is 0 Å². The maximum atomic E-state index is 11.3. The van der Waals surface area contributed by atoms with Gasteiger partial charge in [0.1, 0.15) is 6.04 Å². The number of aliphatic carboxylic acids is 1. The number of benzene rings is 1. The van der Waals surface area contributed by atoms with Crippen LogP contribution in [0, 0.1) is 6.92 Å². The molecule has 2 atom stereocenters. The minimum Gasteiger partial charge on any atom is -0.480 e. The highest BCUT2D eigenvalue weighted by atomic mass is 16.4. The van der Waals surface area contributed by atoms with Gasteiger partial charge in [0.25, 0.3) is 0 Å². The molecule has 18 heavy (non-hydrogen) atoms. The molecular weight excluding hydrogens is 226 g/mol. The Labute approximate surface area is 108 Å². The van der Waals surface area contributed by atoms with Gasteiger partial charge >= 0.3 is 5.97 Å². The SMILES string of the molecule is CCC(c1ccc(C)cc1)N1CCCC1C(=O)O. The number of carboxylic acid groups (broad SMARTS) is 1. The van der Waals surface area contributed by atoms with Crippen molar-refractivity contribution in [1.82, 2.24) is 4.90 Å². The first kappa shape index (κ1) is 13.1. The third kappa shape index (κ3) is 2.56. The summed E-state index contributed by atoms with van der Waals surface area (Å²) in [6.07, 6.45) is 2.71. The summed E-state index contributed by atoms with van der Waals surface area (Å²) in [5.74, 6) is -0.682. The Bertz CT molecular complexity index is 413. The minimum absolute atomic E-state index is 0.231. The predicted molar refractivity (Wildman–Crippen MR) is 71.6 cm³/mol. The first-order valence-electron chi connectivity index (χ1n) is 6.68. The monoisotopic (exact) mass is 247 g/mol. The van der Waals surface area contributed by atoms with Crippen molar-refractivity contribution >= 4 is 5.97 Å². The summed E-state index contributed by atoms with van der Waals surface area (Å²) in [5, 5.41) is 9.28. The fraction of sp³-hybridized carbons (Fsp3) is 0.533. The molecule has 0 bridgehead atoms. The molecule has 3 nitrogen and oxygen atoms in total. The molecule has 2 unspecified atom stereocenters. The van der Waals surface area contributed by atoms with Crippen molar-refractivity contribution in [3.8, 4) is 0 Å². The van der Waals surface area contributed by atoms with Crippen LogP contribution in [0.2, 0.25) is 0 Å². The third-order valence-corrected chi connectivity index (χ3v) is 3.83. The molecule has 0 amide bonds. The molecule has 2 rings (SSSR count). The molecule has 1 saturated heterocycles. The second kappa shape index (κ2) is 5.53. The molecule has 1 N–H and O–H groups in total. The van der Waals surface area contributed by atoms with Crippen LogP contribution in [0.1, 0.15) is 43.4 Å². The second-order valence-corrected chi connectivity index (χ2v) is 5.07. The van der Waals surface area contributed by atoms with Gasteiger partial charge < -0.3 is 5.11 Å². The van der Waals surface area contributed by atoms with Gasteiger partial charge in [-0.25, -0.2) is 0 Å². The van der Waals surface area contributed by atoms with Crippen LogP contribution in [0.25, 0.3) is 0 Å². The van der Waals surface area contributed by atoms with E-state index in [-0.39, 0.29) is 12.1 Å². The summed E-state index contributed by atoms with van der Waals surface area (Å²) in [6.45, 7) is 5.09. The number of hydrogen-bond acceptors (Lipinski definition) is 2. The van der Waals surface area contributed by atoms with Crippen molar-refractivity contribution < 1.29 is 9.90 Å². The minimum atomic E-state index is -0.682. The summed E-state index contributed by atoms with van der Waals surface area (Å²) in [4.78, 5) is 13.4. The molecule has 0 radical (unpaired) electrons. The Balaban J connectivity index is 2.22. The Hall–Kier alpha value is -1.35. The zero-order valence-corrected chi connectivity index (χ0v) is 11.1. The van der Waals surface area contributed by atoms with Crippen LogP contribution in [-0.4, -0.2) is 28.6 Å². The summed E-state index contributed by atoms with van der Waals surface area (Å²) in [6, 6.07) is 8.38. The summed E-state index contributed by atoms with van der Waals surface area (Å²) in [5.41, 5.74) is 2.47. The average molecular weight is 247 g/mol. The highest BCUT2D eigenvalue weighted by molar-refractivity contribution is 5.73. The number of rotatable bonds is 4. The van der Waals surface area contributed by atoms with E-state index in [0.29, 0.717) is 0 Å². The molecule has 1 aromatic carbocycles. The molecule has 0 saturated carbocycles. The van der Waals surface area contributed by atoms with Crippen LogP contribution in [0.3, 0.4) is 0 Å². The predicted octanol–water partition coefficient (Wildman–Crippen LogP) is 3.00. The van der Waals surface area contributed by atoms with Crippen LogP contribution in [0.4, 0.5) is 0 Å². The van der Waals surface area contributed by atoms with Gasteiger partial charge in [0.2, 0.25) is 0 Å². The van der Waals surface area contributed by atoms with E-state index in [0.717, 1.165) is 25.8 Å². The molecule has 1 aromatic rings. The number of aryl methyl sites for hydroxylation is 1. The summed E-state index contributed by atoms with van der Waals surface area (Å²) in [7, 11) is 0. The Kier molecular flexibility index (Phi) is 4.02.